The van der Waals surface area contributed by atoms with Crippen LogP contribution in [0.5, 0.6) is 0 Å². The van der Waals surface area contributed by atoms with E-state index in [1.54, 1.807) is 0 Å². The van der Waals surface area contributed by atoms with Gasteiger partial charge in [0.25, 0.3) is 0 Å². The monoisotopic (exact) mass is 344 g/mol. The van der Waals surface area contributed by atoms with E-state index < -0.39 is 0 Å². The van der Waals surface area contributed by atoms with E-state index >= 15 is 0 Å². The molecule has 5 nitrogen and oxygen atoms in total. The van der Waals surface area contributed by atoms with Crippen molar-refractivity contribution in [1.29, 1.82) is 0 Å². The van der Waals surface area contributed by atoms with Gasteiger partial charge in [-0.1, -0.05) is 12.5 Å². The first-order chi connectivity index (χ1) is 9.78. The average Bonchev–Trinajstić information content (AvgIpc) is 3.10. The number of aromatic nitrogens is 2. The lowest BCUT2D eigenvalue weighted by atomic mass is 9.95. The Balaban J connectivity index is 0.00000121. The molecular formula is C15H22Cl2N4O. The summed E-state index contributed by atoms with van der Waals surface area (Å²) in [6, 6.07) is 5.86. The maximum absolute atomic E-state index is 12.2. The third-order valence-electron chi connectivity index (χ3n) is 4.16. The van der Waals surface area contributed by atoms with Gasteiger partial charge >= 0.3 is 0 Å². The van der Waals surface area contributed by atoms with Gasteiger partial charge in [0, 0.05) is 18.3 Å². The van der Waals surface area contributed by atoms with Gasteiger partial charge in [0.15, 0.2) is 0 Å². The Morgan fingerprint density at radius 3 is 2.91 bits per heavy atom. The van der Waals surface area contributed by atoms with Gasteiger partial charge in [-0.05, 0) is 37.4 Å². The van der Waals surface area contributed by atoms with Gasteiger partial charge < -0.3 is 15.5 Å². The number of amides is 1. The number of hydrogen-bond acceptors (Lipinski definition) is 3. The molecule has 3 N–H and O–H groups in total. The molecule has 22 heavy (non-hydrogen) atoms. The summed E-state index contributed by atoms with van der Waals surface area (Å²) in [6.07, 6.45) is 7.04. The third kappa shape index (κ3) is 3.91. The van der Waals surface area contributed by atoms with E-state index in [9.17, 15) is 4.79 Å². The van der Waals surface area contributed by atoms with E-state index in [0.29, 0.717) is 19.0 Å². The van der Waals surface area contributed by atoms with Gasteiger partial charge in [0.1, 0.15) is 5.65 Å². The Morgan fingerprint density at radius 2 is 2.18 bits per heavy atom. The van der Waals surface area contributed by atoms with Gasteiger partial charge in [0.2, 0.25) is 5.91 Å². The molecule has 1 aliphatic rings. The molecule has 122 valence electrons. The molecule has 2 heterocycles. The first-order valence-electron chi connectivity index (χ1n) is 7.18. The van der Waals surface area contributed by atoms with Crippen LogP contribution in [0.3, 0.4) is 0 Å². The Labute approximate surface area is 142 Å². The molecule has 0 bridgehead atoms. The SMILES string of the molecule is Cl.Cl.NC[C@H]1CCC[C@H]1C(=O)NCc1cn2ccccc2n1. The van der Waals surface area contributed by atoms with E-state index in [1.807, 2.05) is 35.0 Å². The van der Waals surface area contributed by atoms with Crippen LogP contribution >= 0.6 is 24.8 Å². The predicted octanol–water partition coefficient (Wildman–Crippen LogP) is 2.17. The number of nitrogens with two attached hydrogens (primary N) is 1. The van der Waals surface area contributed by atoms with Crippen LogP contribution in [-0.4, -0.2) is 21.8 Å². The van der Waals surface area contributed by atoms with Crippen LogP contribution in [0.4, 0.5) is 0 Å². The summed E-state index contributed by atoms with van der Waals surface area (Å²) in [5.41, 5.74) is 7.51. The first-order valence-corrected chi connectivity index (χ1v) is 7.18. The van der Waals surface area contributed by atoms with Gasteiger partial charge in [0.05, 0.1) is 12.2 Å². The van der Waals surface area contributed by atoms with Crippen molar-refractivity contribution >= 4 is 36.4 Å². The fraction of sp³-hybridized carbons (Fsp3) is 0.467. The lowest BCUT2D eigenvalue weighted by molar-refractivity contribution is -0.126. The van der Waals surface area contributed by atoms with Crippen molar-refractivity contribution in [1.82, 2.24) is 14.7 Å². The van der Waals surface area contributed by atoms with Crippen LogP contribution in [0.1, 0.15) is 25.0 Å². The minimum atomic E-state index is 0. The third-order valence-corrected chi connectivity index (χ3v) is 4.16. The number of imidazole rings is 1. The van der Waals surface area contributed by atoms with Crippen molar-refractivity contribution in [2.24, 2.45) is 17.6 Å². The summed E-state index contributed by atoms with van der Waals surface area (Å²) in [5.74, 6) is 0.545. The van der Waals surface area contributed by atoms with Gasteiger partial charge in [-0.3, -0.25) is 4.79 Å². The second-order valence-electron chi connectivity index (χ2n) is 5.45. The Hall–Kier alpha value is -1.30. The Bertz CT molecular complexity index is 583. The molecule has 1 amide bonds. The molecule has 2 atom stereocenters. The molecule has 0 aliphatic heterocycles. The second kappa shape index (κ2) is 8.36. The number of nitrogens with one attached hydrogen (secondary N) is 1. The van der Waals surface area contributed by atoms with Crippen molar-refractivity contribution in [3.05, 3.63) is 36.3 Å². The summed E-state index contributed by atoms with van der Waals surface area (Å²) < 4.78 is 1.96. The minimum absolute atomic E-state index is 0. The van der Waals surface area contributed by atoms with Crippen LogP contribution < -0.4 is 11.1 Å². The van der Waals surface area contributed by atoms with E-state index in [1.165, 1.54) is 0 Å². The van der Waals surface area contributed by atoms with E-state index in [-0.39, 0.29) is 36.6 Å². The fourth-order valence-corrected chi connectivity index (χ4v) is 3.05. The van der Waals surface area contributed by atoms with Crippen LogP contribution in [0, 0.1) is 11.8 Å². The maximum Gasteiger partial charge on any atom is 0.223 e. The molecule has 0 spiro atoms. The standard InChI is InChI=1S/C15H20N4O.2ClH/c16-8-11-4-3-5-13(11)15(20)17-9-12-10-19-7-2-1-6-14(19)18-12;;/h1-2,6-7,10-11,13H,3-5,8-9,16H2,(H,17,20);2*1H/t11-,13-;;/m1../s1. The van der Waals surface area contributed by atoms with E-state index in [2.05, 4.69) is 10.3 Å². The molecule has 3 rings (SSSR count). The summed E-state index contributed by atoms with van der Waals surface area (Å²) >= 11 is 0. The Kier molecular flexibility index (Phi) is 7.13. The van der Waals surface area contributed by atoms with Gasteiger partial charge in [-0.15, -0.1) is 24.8 Å². The summed E-state index contributed by atoms with van der Waals surface area (Å²) in [4.78, 5) is 16.7. The summed E-state index contributed by atoms with van der Waals surface area (Å²) in [7, 11) is 0. The highest BCUT2D eigenvalue weighted by Crippen LogP contribution is 2.30. The van der Waals surface area contributed by atoms with Crippen molar-refractivity contribution in [3.8, 4) is 0 Å². The van der Waals surface area contributed by atoms with Crippen LogP contribution in [-0.2, 0) is 11.3 Å². The van der Waals surface area contributed by atoms with Crippen LogP contribution in [0.15, 0.2) is 30.6 Å². The lowest BCUT2D eigenvalue weighted by Gasteiger charge is -2.16. The molecular weight excluding hydrogens is 323 g/mol. The number of nitrogens with zero attached hydrogens (tertiary/aromatic N) is 2. The number of halogens is 2. The zero-order valence-electron chi connectivity index (χ0n) is 12.3. The largest absolute Gasteiger partial charge is 0.350 e. The number of rotatable bonds is 4. The van der Waals surface area contributed by atoms with Crippen molar-refractivity contribution in [2.45, 2.75) is 25.8 Å². The van der Waals surface area contributed by atoms with Crippen molar-refractivity contribution in [2.75, 3.05) is 6.54 Å². The zero-order chi connectivity index (χ0) is 13.9. The number of fused-ring (bicyclic) bond motifs is 1. The first kappa shape index (κ1) is 18.7. The van der Waals surface area contributed by atoms with Gasteiger partial charge in [-0.25, -0.2) is 4.98 Å². The number of pyridine rings is 1. The van der Waals surface area contributed by atoms with E-state index in [4.69, 9.17) is 5.73 Å². The molecule has 7 heteroatoms. The Morgan fingerprint density at radius 1 is 1.36 bits per heavy atom. The smallest absolute Gasteiger partial charge is 0.223 e. The highest BCUT2D eigenvalue weighted by molar-refractivity contribution is 5.85. The zero-order valence-corrected chi connectivity index (χ0v) is 13.9. The van der Waals surface area contributed by atoms with Crippen LogP contribution in [0.25, 0.3) is 5.65 Å². The molecule has 0 radical (unpaired) electrons. The molecule has 1 saturated carbocycles. The molecule has 0 aromatic carbocycles. The average molecular weight is 345 g/mol. The molecule has 0 saturated heterocycles. The van der Waals surface area contributed by atoms with Gasteiger partial charge in [-0.2, -0.15) is 0 Å². The molecule has 1 aliphatic carbocycles. The molecule has 2 aromatic rings. The van der Waals surface area contributed by atoms with Crippen LogP contribution in [0.2, 0.25) is 0 Å². The summed E-state index contributed by atoms with van der Waals surface area (Å²) in [5, 5.41) is 3.00. The fourth-order valence-electron chi connectivity index (χ4n) is 3.05. The van der Waals surface area contributed by atoms with E-state index in [0.717, 1.165) is 30.6 Å². The minimum Gasteiger partial charge on any atom is -0.350 e. The number of carbonyl (C=O) groups excluding carboxylic acids is 1. The topological polar surface area (TPSA) is 72.4 Å². The quantitative estimate of drug-likeness (QED) is 0.892. The molecule has 2 aromatic heterocycles. The molecule has 1 fully saturated rings. The number of hydrogen-bond donors (Lipinski definition) is 2. The number of carbonyl (C=O) groups is 1. The highest BCUT2D eigenvalue weighted by Gasteiger charge is 2.31. The predicted molar refractivity (Wildman–Crippen MR) is 91.4 cm³/mol. The lowest BCUT2D eigenvalue weighted by Crippen LogP contribution is -2.34. The van der Waals surface area contributed by atoms with Crippen molar-refractivity contribution in [3.63, 3.8) is 0 Å². The summed E-state index contributed by atoms with van der Waals surface area (Å²) in [6.45, 7) is 1.08. The highest BCUT2D eigenvalue weighted by atomic mass is 35.5. The van der Waals surface area contributed by atoms with Crippen molar-refractivity contribution < 1.29 is 4.79 Å². The normalized spacial score (nSPS) is 20.2. The molecule has 0 unspecified atom stereocenters. The second-order valence-corrected chi connectivity index (χ2v) is 5.45. The maximum atomic E-state index is 12.2.